The summed E-state index contributed by atoms with van der Waals surface area (Å²) in [5.74, 6) is -2.54. The van der Waals surface area contributed by atoms with Crippen LogP contribution in [-0.2, 0) is 33.3 Å². The summed E-state index contributed by atoms with van der Waals surface area (Å²) in [6.45, 7) is 3.63. The number of carbonyl (C=O) groups excluding carboxylic acids is 2. The normalized spacial score (nSPS) is 20.6. The summed E-state index contributed by atoms with van der Waals surface area (Å²) < 4.78 is 21.7. The van der Waals surface area contributed by atoms with Crippen LogP contribution >= 0.6 is 0 Å². The molecule has 336 valence electrons. The number of carbonyl (C=O) groups is 3. The topological polar surface area (TPSA) is 169 Å². The van der Waals surface area contributed by atoms with Crippen LogP contribution in [-0.4, -0.2) is 88.4 Å². The third-order valence-corrected chi connectivity index (χ3v) is 9.79. The highest BCUT2D eigenvalue weighted by molar-refractivity contribution is 5.73. The Bertz CT molecular complexity index is 1250. The molecule has 1 rings (SSSR count). The molecule has 0 radical (unpaired) electrons. The van der Waals surface area contributed by atoms with Gasteiger partial charge in [-0.05, 0) is 77.0 Å². The van der Waals surface area contributed by atoms with Crippen LogP contribution in [0, 0.1) is 0 Å². The molecule has 59 heavy (non-hydrogen) atoms. The molecule has 4 N–H and O–H groups in total. The predicted molar refractivity (Wildman–Crippen MR) is 233 cm³/mol. The number of unbranched alkanes of at least 4 members (excludes halogenated alkanes) is 13. The van der Waals surface area contributed by atoms with Crippen molar-refractivity contribution in [2.24, 2.45) is 0 Å². The van der Waals surface area contributed by atoms with Crippen LogP contribution in [0.5, 0.6) is 0 Å². The number of esters is 2. The molecule has 0 saturated carbocycles. The molecular weight excluding hydrogens is 753 g/mol. The first-order valence-electron chi connectivity index (χ1n) is 22.5. The van der Waals surface area contributed by atoms with E-state index < -0.39 is 61.3 Å². The number of aliphatic hydroxyl groups is 3. The molecule has 1 saturated heterocycles. The number of carboxylic acids is 1. The average molecular weight is 831 g/mol. The van der Waals surface area contributed by atoms with E-state index in [0.717, 1.165) is 70.6 Å². The molecule has 0 spiro atoms. The summed E-state index contributed by atoms with van der Waals surface area (Å²) in [5.41, 5.74) is 0. The van der Waals surface area contributed by atoms with Gasteiger partial charge in [-0.15, -0.1) is 0 Å². The van der Waals surface area contributed by atoms with E-state index in [1.807, 2.05) is 12.2 Å². The summed E-state index contributed by atoms with van der Waals surface area (Å²) in [6.07, 6.45) is 38.1. The fourth-order valence-corrected chi connectivity index (χ4v) is 6.26. The quantitative estimate of drug-likeness (QED) is 0.0269. The Labute approximate surface area is 355 Å². The summed E-state index contributed by atoms with van der Waals surface area (Å²) in [6, 6.07) is 0. The van der Waals surface area contributed by atoms with E-state index in [-0.39, 0.29) is 19.4 Å². The number of carboxylic acid groups (broad SMARTS) is 1. The van der Waals surface area contributed by atoms with E-state index in [1.54, 1.807) is 0 Å². The van der Waals surface area contributed by atoms with Crippen molar-refractivity contribution in [3.05, 3.63) is 72.9 Å². The minimum absolute atomic E-state index is 0.152. The van der Waals surface area contributed by atoms with Crippen molar-refractivity contribution in [2.75, 3.05) is 13.2 Å². The van der Waals surface area contributed by atoms with Gasteiger partial charge in [0.15, 0.2) is 18.5 Å². The third kappa shape index (κ3) is 29.5. The van der Waals surface area contributed by atoms with Gasteiger partial charge in [0.1, 0.15) is 24.9 Å². The van der Waals surface area contributed by atoms with E-state index in [2.05, 4.69) is 74.6 Å². The maximum Gasteiger partial charge on any atom is 0.335 e. The monoisotopic (exact) mass is 831 g/mol. The lowest BCUT2D eigenvalue weighted by Crippen LogP contribution is -2.60. The van der Waals surface area contributed by atoms with E-state index in [9.17, 15) is 34.8 Å². The van der Waals surface area contributed by atoms with Crippen LogP contribution in [0.1, 0.15) is 162 Å². The lowest BCUT2D eigenvalue weighted by molar-refractivity contribution is -0.298. The molecule has 1 aliphatic heterocycles. The highest BCUT2D eigenvalue weighted by Gasteiger charge is 2.47. The predicted octanol–water partition coefficient (Wildman–Crippen LogP) is 9.70. The van der Waals surface area contributed by atoms with Gasteiger partial charge in [-0.1, -0.05) is 145 Å². The van der Waals surface area contributed by atoms with E-state index in [0.29, 0.717) is 19.3 Å². The second-order valence-corrected chi connectivity index (χ2v) is 15.2. The molecule has 1 heterocycles. The number of ether oxygens (including phenoxy) is 4. The number of aliphatic carboxylic acids is 1. The maximum absolute atomic E-state index is 12.8. The molecule has 1 aliphatic rings. The number of hydrogen-bond donors (Lipinski definition) is 4. The number of hydrogen-bond acceptors (Lipinski definition) is 10. The highest BCUT2D eigenvalue weighted by Crippen LogP contribution is 2.23. The zero-order chi connectivity index (χ0) is 43.2. The smallest absolute Gasteiger partial charge is 0.335 e. The van der Waals surface area contributed by atoms with Crippen LogP contribution in [0.25, 0.3) is 0 Å². The maximum atomic E-state index is 12.8. The van der Waals surface area contributed by atoms with Crippen LogP contribution < -0.4 is 0 Å². The zero-order valence-electron chi connectivity index (χ0n) is 36.2. The third-order valence-electron chi connectivity index (χ3n) is 9.79. The Balaban J connectivity index is 2.43. The molecule has 6 atom stereocenters. The minimum atomic E-state index is -1.87. The van der Waals surface area contributed by atoms with Gasteiger partial charge in [0.2, 0.25) is 0 Å². The largest absolute Gasteiger partial charge is 0.479 e. The van der Waals surface area contributed by atoms with Crippen molar-refractivity contribution < 1.29 is 53.8 Å². The summed E-state index contributed by atoms with van der Waals surface area (Å²) >= 11 is 0. The second kappa shape index (κ2) is 37.6. The molecule has 0 aromatic carbocycles. The Hall–Kier alpha value is -3.35. The minimum Gasteiger partial charge on any atom is -0.479 e. The van der Waals surface area contributed by atoms with Gasteiger partial charge in [0.25, 0.3) is 0 Å². The van der Waals surface area contributed by atoms with Crippen molar-refractivity contribution >= 4 is 17.9 Å². The molecule has 0 aromatic rings. The van der Waals surface area contributed by atoms with Crippen molar-refractivity contribution in [1.82, 2.24) is 0 Å². The molecule has 1 fully saturated rings. The van der Waals surface area contributed by atoms with Gasteiger partial charge in [-0.3, -0.25) is 9.59 Å². The van der Waals surface area contributed by atoms with Gasteiger partial charge in [-0.2, -0.15) is 0 Å². The van der Waals surface area contributed by atoms with Crippen LogP contribution in [0.3, 0.4) is 0 Å². The first-order valence-corrected chi connectivity index (χ1v) is 22.5. The van der Waals surface area contributed by atoms with E-state index >= 15 is 0 Å². The average Bonchev–Trinajstić information content (AvgIpc) is 3.22. The highest BCUT2D eigenvalue weighted by atomic mass is 16.7. The fraction of sp³-hybridized carbons (Fsp3) is 0.688. The van der Waals surface area contributed by atoms with Gasteiger partial charge < -0.3 is 39.4 Å². The lowest BCUT2D eigenvalue weighted by atomic mass is 9.99. The van der Waals surface area contributed by atoms with Crippen molar-refractivity contribution in [3.63, 3.8) is 0 Å². The summed E-state index contributed by atoms with van der Waals surface area (Å²) in [7, 11) is 0. The van der Waals surface area contributed by atoms with Gasteiger partial charge in [0.05, 0.1) is 6.61 Å². The van der Waals surface area contributed by atoms with E-state index in [4.69, 9.17) is 18.9 Å². The zero-order valence-corrected chi connectivity index (χ0v) is 36.2. The molecule has 0 aliphatic carbocycles. The molecular formula is C48H78O11. The molecule has 0 bridgehead atoms. The molecule has 6 unspecified atom stereocenters. The van der Waals surface area contributed by atoms with Gasteiger partial charge in [-0.25, -0.2) is 4.79 Å². The Morgan fingerprint density at radius 1 is 0.542 bits per heavy atom. The number of rotatable bonds is 36. The molecule has 0 amide bonds. The van der Waals surface area contributed by atoms with E-state index in [1.165, 1.54) is 44.9 Å². The van der Waals surface area contributed by atoms with Crippen molar-refractivity contribution in [3.8, 4) is 0 Å². The SMILES string of the molecule is CC/C=C\C/C=C\C/C=C\C/C=C\C/C=C\CCCC(=O)OCC(COC1OC(C(=O)O)C(O)C(O)C1O)OC(=O)CCCCCCC/C=C\CCCCCCCCC. The van der Waals surface area contributed by atoms with Gasteiger partial charge >= 0.3 is 17.9 Å². The number of aliphatic hydroxyl groups excluding tert-OH is 3. The van der Waals surface area contributed by atoms with Crippen molar-refractivity contribution in [1.29, 1.82) is 0 Å². The van der Waals surface area contributed by atoms with Gasteiger partial charge in [0, 0.05) is 12.8 Å². The number of allylic oxidation sites excluding steroid dienone is 12. The van der Waals surface area contributed by atoms with Crippen LogP contribution in [0.2, 0.25) is 0 Å². The van der Waals surface area contributed by atoms with Crippen LogP contribution in [0.15, 0.2) is 72.9 Å². The fourth-order valence-electron chi connectivity index (χ4n) is 6.26. The summed E-state index contributed by atoms with van der Waals surface area (Å²) in [4.78, 5) is 36.8. The van der Waals surface area contributed by atoms with Crippen molar-refractivity contribution in [2.45, 2.75) is 198 Å². The Morgan fingerprint density at radius 2 is 1.02 bits per heavy atom. The Kier molecular flexibility index (Phi) is 34.2. The molecule has 11 nitrogen and oxygen atoms in total. The molecule has 0 aromatic heterocycles. The molecule has 11 heteroatoms. The Morgan fingerprint density at radius 3 is 1.58 bits per heavy atom. The first kappa shape index (κ1) is 53.7. The van der Waals surface area contributed by atoms with Crippen LogP contribution in [0.4, 0.5) is 0 Å². The lowest BCUT2D eigenvalue weighted by Gasteiger charge is -2.38. The summed E-state index contributed by atoms with van der Waals surface area (Å²) in [5, 5.41) is 39.8. The standard InChI is InChI=1S/C48H78O11/c1-3-5-7-9-11-13-15-17-19-21-23-24-26-28-30-32-34-36-41(49)56-38-40(39-57-48-45(53)43(51)44(52)46(59-48)47(54)55)58-42(50)37-35-33-31-29-27-25-22-20-18-16-14-12-10-8-6-4-2/h5,7,11,13,17,19-20,22-24,28,30,40,43-46,48,51-53H,3-4,6,8-10,12,14-16,18,21,25-27,29,31-39H2,1-2H3,(H,54,55)/b7-5-,13-11-,19-17-,22-20-,24-23-,30-28-. The second-order valence-electron chi connectivity index (χ2n) is 15.2. The first-order chi connectivity index (χ1) is 28.7.